The first kappa shape index (κ1) is 19.2. The number of nitrogens with zero attached hydrogens (tertiary/aromatic N) is 2. The number of rotatable bonds is 2. The largest absolute Gasteiger partial charge is 0.450 e. The molecule has 0 radical (unpaired) electrons. The van der Waals surface area contributed by atoms with Crippen molar-refractivity contribution in [2.45, 2.75) is 17.9 Å². The van der Waals surface area contributed by atoms with E-state index in [1.807, 2.05) is 0 Å². The van der Waals surface area contributed by atoms with Crippen molar-refractivity contribution in [2.75, 3.05) is 5.01 Å². The monoisotopic (exact) mass is 500 g/mol. The maximum absolute atomic E-state index is 15.0. The summed E-state index contributed by atoms with van der Waals surface area (Å²) in [7, 11) is 0. The smallest absolute Gasteiger partial charge is 0.215 e. The van der Waals surface area contributed by atoms with Crippen LogP contribution >= 0.6 is 31.9 Å². The third-order valence-electron chi connectivity index (χ3n) is 3.77. The van der Waals surface area contributed by atoms with Gasteiger partial charge >= 0.3 is 17.9 Å². The Morgan fingerprint density at radius 3 is 1.73 bits per heavy atom. The van der Waals surface area contributed by atoms with Gasteiger partial charge in [0.15, 0.2) is 0 Å². The lowest BCUT2D eigenvalue weighted by molar-refractivity contribution is -0.278. The number of anilines is 1. The van der Waals surface area contributed by atoms with Gasteiger partial charge in [0, 0.05) is 14.5 Å². The highest BCUT2D eigenvalue weighted by atomic mass is 79.9. The minimum atomic E-state index is -5.90. The van der Waals surface area contributed by atoms with Crippen LogP contribution in [0.15, 0.2) is 62.6 Å². The highest BCUT2D eigenvalue weighted by molar-refractivity contribution is 9.10. The number of hydrogen-bond acceptors (Lipinski definition) is 2. The van der Waals surface area contributed by atoms with Crippen LogP contribution in [0.5, 0.6) is 0 Å². The zero-order valence-corrected chi connectivity index (χ0v) is 15.7. The van der Waals surface area contributed by atoms with Crippen molar-refractivity contribution in [3.05, 3.63) is 63.0 Å². The van der Waals surface area contributed by atoms with Crippen LogP contribution in [-0.2, 0) is 0 Å². The maximum atomic E-state index is 15.0. The summed E-state index contributed by atoms with van der Waals surface area (Å²) in [6.45, 7) is 0. The van der Waals surface area contributed by atoms with Crippen LogP contribution in [-0.4, -0.2) is 23.6 Å². The van der Waals surface area contributed by atoms with Gasteiger partial charge in [0.25, 0.3) is 0 Å². The molecule has 0 saturated heterocycles. The van der Waals surface area contributed by atoms with Crippen LogP contribution in [0.4, 0.5) is 32.0 Å². The zero-order chi connectivity index (χ0) is 19.3. The average Bonchev–Trinajstić information content (AvgIpc) is 2.77. The first-order chi connectivity index (χ1) is 12.0. The fraction of sp³-hybridized carbons (Fsp3) is 0.188. The first-order valence-corrected chi connectivity index (χ1v) is 8.61. The van der Waals surface area contributed by atoms with Gasteiger partial charge in [0.1, 0.15) is 5.71 Å². The van der Waals surface area contributed by atoms with E-state index in [-0.39, 0.29) is 10.6 Å². The molecule has 0 aliphatic carbocycles. The molecule has 0 saturated carbocycles. The molecule has 0 bridgehead atoms. The SMILES string of the molecule is FC(F)(F)C1(F)N(c2ccc(Br)cc2)N=C(c2ccc(Br)cc2)C1(F)F. The molecule has 3 rings (SSSR count). The number of benzene rings is 2. The van der Waals surface area contributed by atoms with Gasteiger partial charge in [-0.1, -0.05) is 44.0 Å². The normalized spacial score (nSPS) is 22.5. The number of alkyl halides is 6. The van der Waals surface area contributed by atoms with E-state index in [1.54, 1.807) is 0 Å². The lowest BCUT2D eigenvalue weighted by Gasteiger charge is -2.35. The molecule has 10 heteroatoms. The van der Waals surface area contributed by atoms with E-state index in [2.05, 4.69) is 37.0 Å². The Kier molecular flexibility index (Phi) is 4.63. The molecule has 2 aromatic carbocycles. The molecule has 0 spiro atoms. The summed E-state index contributed by atoms with van der Waals surface area (Å²) in [6, 6.07) is 9.71. The van der Waals surface area contributed by atoms with Gasteiger partial charge in [-0.25, -0.2) is 5.01 Å². The van der Waals surface area contributed by atoms with Crippen molar-refractivity contribution in [3.63, 3.8) is 0 Å². The van der Waals surface area contributed by atoms with Gasteiger partial charge in [-0.3, -0.25) is 0 Å². The Morgan fingerprint density at radius 1 is 0.808 bits per heavy atom. The van der Waals surface area contributed by atoms with E-state index in [9.17, 15) is 26.3 Å². The fourth-order valence-electron chi connectivity index (χ4n) is 2.48. The van der Waals surface area contributed by atoms with Crippen LogP contribution in [0, 0.1) is 0 Å². The molecule has 26 heavy (non-hydrogen) atoms. The van der Waals surface area contributed by atoms with E-state index in [1.165, 1.54) is 24.3 Å². The zero-order valence-electron chi connectivity index (χ0n) is 12.5. The van der Waals surface area contributed by atoms with Gasteiger partial charge in [-0.15, -0.1) is 0 Å². The van der Waals surface area contributed by atoms with Gasteiger partial charge in [-0.05, 0) is 36.4 Å². The van der Waals surface area contributed by atoms with Crippen molar-refractivity contribution in [1.29, 1.82) is 0 Å². The van der Waals surface area contributed by atoms with Crippen molar-refractivity contribution in [1.82, 2.24) is 0 Å². The maximum Gasteiger partial charge on any atom is 0.450 e. The molecule has 1 heterocycles. The van der Waals surface area contributed by atoms with Crippen LogP contribution in [0.25, 0.3) is 0 Å². The van der Waals surface area contributed by atoms with Crippen molar-refractivity contribution in [2.24, 2.45) is 5.10 Å². The second-order valence-electron chi connectivity index (χ2n) is 5.44. The van der Waals surface area contributed by atoms with E-state index >= 15 is 0 Å². The molecule has 0 fully saturated rings. The molecule has 1 aliphatic heterocycles. The number of halogens is 8. The number of hydrogen-bond donors (Lipinski definition) is 0. The molecule has 0 aromatic heterocycles. The van der Waals surface area contributed by atoms with Crippen LogP contribution in [0.1, 0.15) is 5.56 Å². The highest BCUT2D eigenvalue weighted by Crippen LogP contribution is 2.54. The molecule has 138 valence electrons. The minimum absolute atomic E-state index is 0.309. The van der Waals surface area contributed by atoms with Crippen LogP contribution < -0.4 is 5.01 Å². The van der Waals surface area contributed by atoms with Crippen molar-refractivity contribution >= 4 is 43.3 Å². The van der Waals surface area contributed by atoms with E-state index < -0.39 is 29.3 Å². The van der Waals surface area contributed by atoms with Gasteiger partial charge in [0.2, 0.25) is 0 Å². The lowest BCUT2D eigenvalue weighted by atomic mass is 9.97. The quantitative estimate of drug-likeness (QED) is 0.348. The summed E-state index contributed by atoms with van der Waals surface area (Å²) in [6.07, 6.45) is -5.90. The first-order valence-electron chi connectivity index (χ1n) is 7.03. The molecule has 2 aromatic rings. The Bertz CT molecular complexity index is 849. The summed E-state index contributed by atoms with van der Waals surface area (Å²) in [5.41, 5.74) is -2.07. The molecular weight excluding hydrogens is 494 g/mol. The van der Waals surface area contributed by atoms with Crippen molar-refractivity contribution < 1.29 is 26.3 Å². The van der Waals surface area contributed by atoms with E-state index in [0.29, 0.717) is 8.95 Å². The molecule has 2 nitrogen and oxygen atoms in total. The second kappa shape index (κ2) is 6.26. The highest BCUT2D eigenvalue weighted by Gasteiger charge is 2.80. The predicted octanol–water partition coefficient (Wildman–Crippen LogP) is 6.30. The fourth-order valence-corrected chi connectivity index (χ4v) is 3.01. The Labute approximate surface area is 160 Å². The summed E-state index contributed by atoms with van der Waals surface area (Å²) in [5, 5.41) is 3.03. The predicted molar refractivity (Wildman–Crippen MR) is 92.1 cm³/mol. The topological polar surface area (TPSA) is 15.6 Å². The minimum Gasteiger partial charge on any atom is -0.215 e. The summed E-state index contributed by atoms with van der Waals surface area (Å²) in [5.74, 6) is -9.94. The van der Waals surface area contributed by atoms with E-state index in [4.69, 9.17) is 0 Å². The third-order valence-corrected chi connectivity index (χ3v) is 4.83. The second-order valence-corrected chi connectivity index (χ2v) is 7.27. The summed E-state index contributed by atoms with van der Waals surface area (Å²) in [4.78, 5) is 0. The Hall–Kier alpha value is -1.55. The summed E-state index contributed by atoms with van der Waals surface area (Å²) >= 11 is 6.17. The van der Waals surface area contributed by atoms with Crippen LogP contribution in [0.2, 0.25) is 0 Å². The molecule has 1 unspecified atom stereocenters. The molecular formula is C16H8Br2F6N2. The Balaban J connectivity index is 2.21. The standard InChI is InChI=1S/C16H8Br2F6N2/c17-10-3-1-9(2-4-10)13-14(19,20)15(21,16(22,23)24)26(25-13)12-7-5-11(18)6-8-12/h1-8H. The molecule has 0 N–H and O–H groups in total. The lowest BCUT2D eigenvalue weighted by Crippen LogP contribution is -2.63. The Morgan fingerprint density at radius 2 is 1.27 bits per heavy atom. The van der Waals surface area contributed by atoms with E-state index in [0.717, 1.165) is 24.3 Å². The third kappa shape index (κ3) is 2.83. The summed E-state index contributed by atoms with van der Waals surface area (Å²) < 4.78 is 85.6. The van der Waals surface area contributed by atoms with Gasteiger partial charge in [0.05, 0.1) is 5.69 Å². The van der Waals surface area contributed by atoms with Gasteiger partial charge in [-0.2, -0.15) is 31.4 Å². The molecule has 1 atom stereocenters. The van der Waals surface area contributed by atoms with Gasteiger partial charge < -0.3 is 0 Å². The van der Waals surface area contributed by atoms with Crippen molar-refractivity contribution in [3.8, 4) is 0 Å². The van der Waals surface area contributed by atoms with Crippen LogP contribution in [0.3, 0.4) is 0 Å². The molecule has 0 amide bonds. The average molecular weight is 502 g/mol. The molecule has 1 aliphatic rings. The number of hydrazone groups is 1.